The van der Waals surface area contributed by atoms with Crippen LogP contribution in [0.25, 0.3) is 0 Å². The summed E-state index contributed by atoms with van der Waals surface area (Å²) in [7, 11) is 1.52. The highest BCUT2D eigenvalue weighted by Crippen LogP contribution is 2.31. The van der Waals surface area contributed by atoms with Gasteiger partial charge in [0.05, 0.1) is 24.4 Å². The van der Waals surface area contributed by atoms with E-state index in [1.54, 1.807) is 49.5 Å². The maximum atomic E-state index is 13.0. The molecule has 0 bridgehead atoms. The second-order valence-electron chi connectivity index (χ2n) is 7.37. The van der Waals surface area contributed by atoms with Gasteiger partial charge in [0.15, 0.2) is 0 Å². The fourth-order valence-electron chi connectivity index (χ4n) is 3.02. The summed E-state index contributed by atoms with van der Waals surface area (Å²) in [6.45, 7) is 1.67. The normalized spacial score (nSPS) is 11.7. The van der Waals surface area contributed by atoms with Crippen LogP contribution in [-0.4, -0.2) is 35.3 Å². The van der Waals surface area contributed by atoms with Crippen LogP contribution in [0.3, 0.4) is 0 Å². The number of methoxy groups -OCH3 is 1. The zero-order valence-corrected chi connectivity index (χ0v) is 19.8. The second-order valence-corrected chi connectivity index (χ2v) is 7.37. The fourth-order valence-corrected chi connectivity index (χ4v) is 3.02. The third kappa shape index (κ3) is 8.26. The molecule has 38 heavy (non-hydrogen) atoms. The summed E-state index contributed by atoms with van der Waals surface area (Å²) < 4.78 is 75.8. The first-order chi connectivity index (χ1) is 17.8. The summed E-state index contributed by atoms with van der Waals surface area (Å²) in [6.07, 6.45) is -7.99. The van der Waals surface area contributed by atoms with E-state index in [0.29, 0.717) is 28.1 Å². The molecule has 0 spiro atoms. The van der Waals surface area contributed by atoms with Crippen LogP contribution in [-0.2, 0) is 11.0 Å². The van der Waals surface area contributed by atoms with E-state index in [0.717, 1.165) is 12.1 Å². The third-order valence-electron chi connectivity index (χ3n) is 4.81. The van der Waals surface area contributed by atoms with Crippen LogP contribution >= 0.6 is 0 Å². The molecule has 0 saturated carbocycles. The van der Waals surface area contributed by atoms with Crippen molar-refractivity contribution < 1.29 is 45.8 Å². The highest BCUT2D eigenvalue weighted by atomic mass is 19.4. The summed E-state index contributed by atoms with van der Waals surface area (Å²) in [5.41, 5.74) is 1.07. The lowest BCUT2D eigenvalue weighted by atomic mass is 9.97. The average molecular weight is 538 g/mol. The molecule has 200 valence electrons. The minimum atomic E-state index is -5.08. The lowest BCUT2D eigenvalue weighted by molar-refractivity contribution is -0.192. The molecule has 0 aliphatic rings. The Kier molecular flexibility index (Phi) is 9.87. The largest absolute Gasteiger partial charge is 0.497 e. The molecular formula is C26H20F6N2O4. The number of pyridine rings is 1. The highest BCUT2D eigenvalue weighted by molar-refractivity contribution is 5.94. The van der Waals surface area contributed by atoms with Crippen molar-refractivity contribution in [3.8, 4) is 17.6 Å². The topological polar surface area (TPSA) is 88.5 Å². The SMILES string of the molecule is CC#Cc1cccnc1C(NC(=O)c1ccc(OC)cc1)c1ccc(C(F)(F)F)cc1.O=C(O)C(F)(F)F. The fraction of sp³-hybridized carbons (Fsp3) is 0.192. The quantitative estimate of drug-likeness (QED) is 0.325. The Hall–Kier alpha value is -4.53. The number of ether oxygens (including phenoxy) is 1. The first-order valence-corrected chi connectivity index (χ1v) is 10.6. The number of amides is 1. The first-order valence-electron chi connectivity index (χ1n) is 10.6. The van der Waals surface area contributed by atoms with Gasteiger partial charge in [-0.1, -0.05) is 18.1 Å². The number of aromatic nitrogens is 1. The predicted molar refractivity (Wildman–Crippen MR) is 124 cm³/mol. The number of carbonyl (C=O) groups excluding carboxylic acids is 1. The number of nitrogens with zero attached hydrogens (tertiary/aromatic N) is 1. The molecule has 1 aromatic heterocycles. The minimum absolute atomic E-state index is 0.372. The van der Waals surface area contributed by atoms with Crippen molar-refractivity contribution in [3.63, 3.8) is 0 Å². The van der Waals surface area contributed by atoms with E-state index in [9.17, 15) is 31.1 Å². The number of halogens is 6. The van der Waals surface area contributed by atoms with Crippen LogP contribution in [0, 0.1) is 11.8 Å². The van der Waals surface area contributed by atoms with Gasteiger partial charge in [-0.15, -0.1) is 5.92 Å². The van der Waals surface area contributed by atoms with Gasteiger partial charge >= 0.3 is 18.3 Å². The number of carboxylic acid groups (broad SMARTS) is 1. The number of alkyl halides is 6. The van der Waals surface area contributed by atoms with Gasteiger partial charge in [0.2, 0.25) is 0 Å². The monoisotopic (exact) mass is 538 g/mol. The van der Waals surface area contributed by atoms with Gasteiger partial charge in [-0.2, -0.15) is 26.3 Å². The molecule has 0 aliphatic heterocycles. The van der Waals surface area contributed by atoms with Crippen molar-refractivity contribution in [3.05, 3.63) is 94.8 Å². The van der Waals surface area contributed by atoms with E-state index in [1.165, 1.54) is 19.2 Å². The van der Waals surface area contributed by atoms with Crippen LogP contribution in [0.15, 0.2) is 66.9 Å². The van der Waals surface area contributed by atoms with E-state index in [1.807, 2.05) is 0 Å². The molecule has 2 aromatic carbocycles. The van der Waals surface area contributed by atoms with Gasteiger partial charge in [0, 0.05) is 17.3 Å². The molecule has 12 heteroatoms. The molecule has 3 aromatic rings. The summed E-state index contributed by atoms with van der Waals surface area (Å²) in [5, 5.41) is 9.99. The number of rotatable bonds is 5. The number of hydrogen-bond acceptors (Lipinski definition) is 4. The summed E-state index contributed by atoms with van der Waals surface area (Å²) >= 11 is 0. The molecule has 0 saturated heterocycles. The summed E-state index contributed by atoms with van der Waals surface area (Å²) in [4.78, 5) is 26.2. The summed E-state index contributed by atoms with van der Waals surface area (Å²) in [6, 6.07) is 13.8. The van der Waals surface area contributed by atoms with Crippen LogP contribution in [0.5, 0.6) is 5.75 Å². The Morgan fingerprint density at radius 1 is 0.974 bits per heavy atom. The zero-order valence-electron chi connectivity index (χ0n) is 19.8. The molecule has 0 aliphatic carbocycles. The van der Waals surface area contributed by atoms with Crippen molar-refractivity contribution in [2.24, 2.45) is 0 Å². The van der Waals surface area contributed by atoms with Gasteiger partial charge < -0.3 is 15.2 Å². The van der Waals surface area contributed by atoms with E-state index in [4.69, 9.17) is 14.6 Å². The third-order valence-corrected chi connectivity index (χ3v) is 4.81. The number of carboxylic acids is 1. The molecule has 1 atom stereocenters. The molecule has 1 heterocycles. The van der Waals surface area contributed by atoms with Crippen LogP contribution < -0.4 is 10.1 Å². The van der Waals surface area contributed by atoms with E-state index >= 15 is 0 Å². The maximum absolute atomic E-state index is 13.0. The number of nitrogens with one attached hydrogen (secondary N) is 1. The maximum Gasteiger partial charge on any atom is 0.490 e. The second kappa shape index (κ2) is 12.6. The van der Waals surface area contributed by atoms with Gasteiger partial charge in [-0.05, 0) is 61.0 Å². The van der Waals surface area contributed by atoms with Crippen molar-refractivity contribution in [1.29, 1.82) is 0 Å². The van der Waals surface area contributed by atoms with Gasteiger partial charge in [-0.25, -0.2) is 4.79 Å². The van der Waals surface area contributed by atoms with Gasteiger partial charge in [-0.3, -0.25) is 9.78 Å². The lowest BCUT2D eigenvalue weighted by Gasteiger charge is -2.21. The molecule has 2 N–H and O–H groups in total. The number of benzene rings is 2. The molecule has 6 nitrogen and oxygen atoms in total. The number of hydrogen-bond donors (Lipinski definition) is 2. The molecule has 1 unspecified atom stereocenters. The Balaban J connectivity index is 0.000000638. The van der Waals surface area contributed by atoms with Crippen molar-refractivity contribution in [2.75, 3.05) is 7.11 Å². The van der Waals surface area contributed by atoms with Gasteiger partial charge in [0.25, 0.3) is 5.91 Å². The number of aliphatic carboxylic acids is 1. The summed E-state index contributed by atoms with van der Waals surface area (Å²) in [5.74, 6) is 3.15. The Morgan fingerprint density at radius 3 is 2.03 bits per heavy atom. The molecule has 3 rings (SSSR count). The molecule has 0 radical (unpaired) electrons. The van der Waals surface area contributed by atoms with E-state index in [2.05, 4.69) is 22.1 Å². The van der Waals surface area contributed by atoms with Crippen LogP contribution in [0.4, 0.5) is 26.3 Å². The van der Waals surface area contributed by atoms with Crippen molar-refractivity contribution >= 4 is 11.9 Å². The molecule has 0 fully saturated rings. The van der Waals surface area contributed by atoms with Crippen LogP contribution in [0.1, 0.15) is 45.7 Å². The van der Waals surface area contributed by atoms with Gasteiger partial charge in [0.1, 0.15) is 5.75 Å². The lowest BCUT2D eigenvalue weighted by Crippen LogP contribution is -2.30. The Bertz CT molecular complexity index is 1310. The Morgan fingerprint density at radius 2 is 1.55 bits per heavy atom. The van der Waals surface area contributed by atoms with Crippen LogP contribution in [0.2, 0.25) is 0 Å². The van der Waals surface area contributed by atoms with Crippen molar-refractivity contribution in [2.45, 2.75) is 25.3 Å². The Labute approximate surface area is 213 Å². The molecule has 1 amide bonds. The number of carbonyl (C=O) groups is 2. The standard InChI is InChI=1S/C24H19F3N2O2.C2HF3O2/c1-3-5-16-6-4-15-28-21(16)22(17-7-11-19(12-8-17)24(25,26)27)29-23(30)18-9-13-20(31-2)14-10-18;3-2(4,5)1(6)7/h4,6-15,22H,1-2H3,(H,29,30);(H,6,7). The predicted octanol–water partition coefficient (Wildman–Crippen LogP) is 5.63. The first kappa shape index (κ1) is 29.7. The highest BCUT2D eigenvalue weighted by Gasteiger charge is 2.38. The smallest absolute Gasteiger partial charge is 0.490 e. The van der Waals surface area contributed by atoms with Crippen molar-refractivity contribution in [1.82, 2.24) is 10.3 Å². The van der Waals surface area contributed by atoms with E-state index < -0.39 is 35.8 Å². The molecular weight excluding hydrogens is 518 g/mol. The zero-order chi connectivity index (χ0) is 28.5. The average Bonchev–Trinajstić information content (AvgIpc) is 2.87. The van der Waals surface area contributed by atoms with E-state index in [-0.39, 0.29) is 0 Å². The minimum Gasteiger partial charge on any atom is -0.497 e.